The fourth-order valence-electron chi connectivity index (χ4n) is 6.32. The molecule has 0 N–H and O–H groups in total. The summed E-state index contributed by atoms with van der Waals surface area (Å²) in [5.41, 5.74) is 7.63. The van der Waals surface area contributed by atoms with Crippen LogP contribution in [0.1, 0.15) is 0 Å². The van der Waals surface area contributed by atoms with E-state index in [0.29, 0.717) is 17.5 Å². The number of fused-ring (bicyclic) bond motifs is 4. The number of hydrogen-bond donors (Lipinski definition) is 0. The monoisotopic (exact) mass is 617 g/mol. The Kier molecular flexibility index (Phi) is 6.65. The summed E-state index contributed by atoms with van der Waals surface area (Å²) in [6.45, 7) is 0. The molecule has 0 saturated heterocycles. The van der Waals surface area contributed by atoms with Gasteiger partial charge in [0.2, 0.25) is 0 Å². The average Bonchev–Trinajstić information content (AvgIpc) is 3.54. The Morgan fingerprint density at radius 3 is 1.64 bits per heavy atom. The minimum atomic E-state index is 0.654. The first-order valence-electron chi connectivity index (χ1n) is 15.7. The molecule has 0 bridgehead atoms. The molecular formula is C43H27N3S. The van der Waals surface area contributed by atoms with Crippen molar-refractivity contribution in [2.24, 2.45) is 0 Å². The van der Waals surface area contributed by atoms with Crippen molar-refractivity contribution in [1.82, 2.24) is 15.0 Å². The van der Waals surface area contributed by atoms with E-state index in [1.165, 1.54) is 42.2 Å². The summed E-state index contributed by atoms with van der Waals surface area (Å²) < 4.78 is 2.44. The van der Waals surface area contributed by atoms with E-state index < -0.39 is 0 Å². The molecule has 0 aliphatic heterocycles. The third kappa shape index (κ3) is 5.05. The van der Waals surface area contributed by atoms with E-state index in [1.807, 2.05) is 12.1 Å². The largest absolute Gasteiger partial charge is 0.208 e. The van der Waals surface area contributed by atoms with Gasteiger partial charge in [-0.1, -0.05) is 140 Å². The molecular weight excluding hydrogens is 591 g/mol. The summed E-state index contributed by atoms with van der Waals surface area (Å²) in [7, 11) is 0. The van der Waals surface area contributed by atoms with Crippen molar-refractivity contribution in [1.29, 1.82) is 0 Å². The van der Waals surface area contributed by atoms with E-state index in [1.54, 1.807) is 11.3 Å². The lowest BCUT2D eigenvalue weighted by molar-refractivity contribution is 1.08. The first kappa shape index (κ1) is 27.3. The van der Waals surface area contributed by atoms with Crippen molar-refractivity contribution in [2.75, 3.05) is 0 Å². The van der Waals surface area contributed by atoms with Gasteiger partial charge in [0.25, 0.3) is 0 Å². The van der Waals surface area contributed by atoms with Crippen LogP contribution in [0.2, 0.25) is 0 Å². The highest BCUT2D eigenvalue weighted by Crippen LogP contribution is 2.40. The molecule has 0 saturated carbocycles. The van der Waals surface area contributed by atoms with E-state index in [4.69, 9.17) is 15.0 Å². The van der Waals surface area contributed by atoms with Gasteiger partial charge in [-0.3, -0.25) is 0 Å². The average molecular weight is 618 g/mol. The quantitative estimate of drug-likeness (QED) is 0.193. The number of thiophene rings is 1. The maximum absolute atomic E-state index is 5.16. The van der Waals surface area contributed by atoms with Crippen LogP contribution in [-0.4, -0.2) is 15.0 Å². The molecule has 0 spiro atoms. The zero-order chi connectivity index (χ0) is 31.2. The van der Waals surface area contributed by atoms with Crippen LogP contribution in [0.3, 0.4) is 0 Å². The molecule has 0 unspecified atom stereocenters. The zero-order valence-corrected chi connectivity index (χ0v) is 26.2. The summed E-state index contributed by atoms with van der Waals surface area (Å²) in [6, 6.07) is 57.5. The summed E-state index contributed by atoms with van der Waals surface area (Å²) in [4.78, 5) is 15.4. The van der Waals surface area contributed by atoms with Crippen LogP contribution in [0.5, 0.6) is 0 Å². The molecule has 2 aromatic heterocycles. The Balaban J connectivity index is 1.22. The van der Waals surface area contributed by atoms with Gasteiger partial charge in [-0.15, -0.1) is 11.3 Å². The van der Waals surface area contributed by atoms with E-state index in [2.05, 4.69) is 152 Å². The molecule has 0 aliphatic carbocycles. The summed E-state index contributed by atoms with van der Waals surface area (Å²) in [5, 5.41) is 4.79. The Morgan fingerprint density at radius 2 is 0.872 bits per heavy atom. The topological polar surface area (TPSA) is 38.7 Å². The third-order valence-corrected chi connectivity index (χ3v) is 9.96. The second kappa shape index (κ2) is 11.4. The molecule has 9 aromatic rings. The fourth-order valence-corrected chi connectivity index (χ4v) is 7.53. The molecule has 0 radical (unpaired) electrons. The van der Waals surface area contributed by atoms with Gasteiger partial charge in [0.15, 0.2) is 17.5 Å². The third-order valence-electron chi connectivity index (χ3n) is 8.74. The minimum Gasteiger partial charge on any atom is -0.208 e. The molecule has 0 fully saturated rings. The van der Waals surface area contributed by atoms with Crippen LogP contribution < -0.4 is 0 Å². The number of hydrogen-bond acceptors (Lipinski definition) is 4. The van der Waals surface area contributed by atoms with Gasteiger partial charge in [-0.05, 0) is 57.3 Å². The van der Waals surface area contributed by atoms with Crippen LogP contribution in [0.15, 0.2) is 164 Å². The van der Waals surface area contributed by atoms with E-state index >= 15 is 0 Å². The molecule has 47 heavy (non-hydrogen) atoms. The minimum absolute atomic E-state index is 0.654. The zero-order valence-electron chi connectivity index (χ0n) is 25.3. The van der Waals surface area contributed by atoms with Crippen LogP contribution >= 0.6 is 11.3 Å². The van der Waals surface area contributed by atoms with Gasteiger partial charge in [0.05, 0.1) is 0 Å². The standard InChI is InChI=1S/C43H27N3S/c1-3-10-28(11-4-1)30-18-22-32(23-19-30)41-44-42(34-25-21-31-20-24-33(26-35(31)27-34)29-12-5-2-6-13-29)46-43(45-41)38-16-9-15-37-36-14-7-8-17-39(36)47-40(37)38/h1-27H. The van der Waals surface area contributed by atoms with Crippen molar-refractivity contribution in [3.63, 3.8) is 0 Å². The summed E-state index contributed by atoms with van der Waals surface area (Å²) in [6.07, 6.45) is 0. The molecule has 7 aromatic carbocycles. The number of aromatic nitrogens is 3. The highest BCUT2D eigenvalue weighted by Gasteiger charge is 2.17. The highest BCUT2D eigenvalue weighted by molar-refractivity contribution is 7.26. The van der Waals surface area contributed by atoms with Crippen LogP contribution in [0.4, 0.5) is 0 Å². The molecule has 2 heterocycles. The second-order valence-corrected chi connectivity index (χ2v) is 12.7. The van der Waals surface area contributed by atoms with E-state index in [-0.39, 0.29) is 0 Å². The molecule has 0 atom stereocenters. The molecule has 9 rings (SSSR count). The van der Waals surface area contributed by atoms with Gasteiger partial charge in [-0.25, -0.2) is 15.0 Å². The fraction of sp³-hybridized carbons (Fsp3) is 0. The maximum atomic E-state index is 5.16. The van der Waals surface area contributed by atoms with Crippen molar-refractivity contribution in [3.05, 3.63) is 164 Å². The number of benzene rings is 7. The summed E-state index contributed by atoms with van der Waals surface area (Å²) >= 11 is 1.79. The van der Waals surface area contributed by atoms with Crippen molar-refractivity contribution in [3.8, 4) is 56.4 Å². The highest BCUT2D eigenvalue weighted by atomic mass is 32.1. The lowest BCUT2D eigenvalue weighted by Crippen LogP contribution is -2.00. The smallest absolute Gasteiger partial charge is 0.165 e. The lowest BCUT2D eigenvalue weighted by atomic mass is 9.99. The Labute approximate surface area is 276 Å². The van der Waals surface area contributed by atoms with Crippen LogP contribution in [0, 0.1) is 0 Å². The second-order valence-electron chi connectivity index (χ2n) is 11.7. The predicted molar refractivity (Wildman–Crippen MR) is 197 cm³/mol. The number of rotatable bonds is 5. The predicted octanol–water partition coefficient (Wildman–Crippen LogP) is 11.7. The van der Waals surface area contributed by atoms with Gasteiger partial charge in [0, 0.05) is 36.9 Å². The SMILES string of the molecule is c1ccc(-c2ccc(-c3nc(-c4ccc5ccc(-c6ccccc6)cc5c4)nc(-c4cccc5c4sc4ccccc45)n3)cc2)cc1. The van der Waals surface area contributed by atoms with Crippen LogP contribution in [-0.2, 0) is 0 Å². The molecule has 3 nitrogen and oxygen atoms in total. The molecule has 0 aliphatic rings. The van der Waals surface area contributed by atoms with E-state index in [9.17, 15) is 0 Å². The van der Waals surface area contributed by atoms with Crippen molar-refractivity contribution >= 4 is 42.3 Å². The molecule has 4 heteroatoms. The van der Waals surface area contributed by atoms with Gasteiger partial charge < -0.3 is 0 Å². The van der Waals surface area contributed by atoms with Gasteiger partial charge in [0.1, 0.15) is 0 Å². The Morgan fingerprint density at radius 1 is 0.340 bits per heavy atom. The normalized spacial score (nSPS) is 11.4. The van der Waals surface area contributed by atoms with Crippen LogP contribution in [0.25, 0.3) is 87.4 Å². The van der Waals surface area contributed by atoms with E-state index in [0.717, 1.165) is 27.6 Å². The van der Waals surface area contributed by atoms with Crippen molar-refractivity contribution in [2.45, 2.75) is 0 Å². The van der Waals surface area contributed by atoms with Crippen molar-refractivity contribution < 1.29 is 0 Å². The molecule has 0 amide bonds. The number of nitrogens with zero attached hydrogens (tertiary/aromatic N) is 3. The van der Waals surface area contributed by atoms with Gasteiger partial charge in [-0.2, -0.15) is 0 Å². The summed E-state index contributed by atoms with van der Waals surface area (Å²) in [5.74, 6) is 1.98. The molecule has 220 valence electrons. The Hall–Kier alpha value is -5.97. The first-order valence-corrected chi connectivity index (χ1v) is 16.5. The lowest BCUT2D eigenvalue weighted by Gasteiger charge is -2.11. The maximum Gasteiger partial charge on any atom is 0.165 e. The van der Waals surface area contributed by atoms with Gasteiger partial charge >= 0.3 is 0 Å². The first-order chi connectivity index (χ1) is 23.3. The Bertz CT molecular complexity index is 2550.